The maximum Gasteiger partial charge on any atom is 0.346 e. The van der Waals surface area contributed by atoms with Gasteiger partial charge in [-0.15, -0.1) is 11.3 Å². The van der Waals surface area contributed by atoms with Gasteiger partial charge in [-0.3, -0.25) is 0 Å². The zero-order valence-electron chi connectivity index (χ0n) is 11.6. The predicted octanol–water partition coefficient (Wildman–Crippen LogP) is 1.51. The largest absolute Gasteiger partial charge is 0.477 e. The van der Waals surface area contributed by atoms with Crippen LogP contribution in [0.5, 0.6) is 0 Å². The lowest BCUT2D eigenvalue weighted by Gasteiger charge is -2.07. The maximum atomic E-state index is 11.2. The number of rotatable bonds is 8. The van der Waals surface area contributed by atoms with Crippen LogP contribution in [-0.4, -0.2) is 52.5 Å². The molecule has 2 heterocycles. The molecule has 0 saturated heterocycles. The van der Waals surface area contributed by atoms with Crippen molar-refractivity contribution in [3.05, 3.63) is 16.8 Å². The Balaban J connectivity index is 2.08. The molecule has 0 radical (unpaired) electrons. The van der Waals surface area contributed by atoms with Gasteiger partial charge in [-0.1, -0.05) is 0 Å². The first-order chi connectivity index (χ1) is 10.1. The molecule has 0 saturated carbocycles. The first-order valence-corrected chi connectivity index (χ1v) is 7.36. The van der Waals surface area contributed by atoms with Gasteiger partial charge in [0.2, 0.25) is 0 Å². The van der Waals surface area contributed by atoms with Gasteiger partial charge in [0.15, 0.2) is 0 Å². The third-order valence-electron chi connectivity index (χ3n) is 2.91. The summed E-state index contributed by atoms with van der Waals surface area (Å²) in [5, 5.41) is 21.7. The zero-order valence-corrected chi connectivity index (χ0v) is 12.4. The Morgan fingerprint density at radius 3 is 2.95 bits per heavy atom. The highest BCUT2D eigenvalue weighted by Gasteiger charge is 2.18. The summed E-state index contributed by atoms with van der Waals surface area (Å²) in [7, 11) is 0. The minimum Gasteiger partial charge on any atom is -0.477 e. The highest BCUT2D eigenvalue weighted by molar-refractivity contribution is 7.20. The van der Waals surface area contributed by atoms with Crippen LogP contribution in [-0.2, 0) is 4.74 Å². The van der Waals surface area contributed by atoms with E-state index in [0.29, 0.717) is 40.8 Å². The maximum absolute atomic E-state index is 11.2. The number of nitrogens with zero attached hydrogens (tertiary/aromatic N) is 2. The van der Waals surface area contributed by atoms with Gasteiger partial charge in [-0.2, -0.15) is 0 Å². The van der Waals surface area contributed by atoms with E-state index >= 15 is 0 Å². The molecule has 0 aliphatic rings. The van der Waals surface area contributed by atoms with Crippen molar-refractivity contribution < 1.29 is 19.7 Å². The molecule has 0 aliphatic heterocycles. The van der Waals surface area contributed by atoms with Crippen molar-refractivity contribution >= 4 is 33.3 Å². The summed E-state index contributed by atoms with van der Waals surface area (Å²) in [6.07, 6.45) is 2.19. The van der Waals surface area contributed by atoms with E-state index in [2.05, 4.69) is 15.3 Å². The Hall–Kier alpha value is -1.77. The van der Waals surface area contributed by atoms with Crippen molar-refractivity contribution in [1.82, 2.24) is 9.97 Å². The molecule has 114 valence electrons. The number of thiophene rings is 1. The second kappa shape index (κ2) is 7.30. The van der Waals surface area contributed by atoms with E-state index < -0.39 is 5.97 Å². The van der Waals surface area contributed by atoms with Gasteiger partial charge in [0.1, 0.15) is 21.9 Å². The molecule has 0 spiro atoms. The summed E-state index contributed by atoms with van der Waals surface area (Å²) in [5.74, 6) is -0.303. The Labute approximate surface area is 125 Å². The number of fused-ring (bicyclic) bond motifs is 1. The number of anilines is 1. The molecule has 3 N–H and O–H groups in total. The highest BCUT2D eigenvalue weighted by Crippen LogP contribution is 2.33. The molecule has 0 aliphatic carbocycles. The lowest BCUT2D eigenvalue weighted by atomic mass is 10.2. The topological polar surface area (TPSA) is 105 Å². The number of aromatic carboxylic acids is 1. The number of aromatic nitrogens is 2. The zero-order chi connectivity index (χ0) is 15.2. The highest BCUT2D eigenvalue weighted by atomic mass is 32.1. The van der Waals surface area contributed by atoms with Crippen LogP contribution in [0.1, 0.15) is 21.7 Å². The van der Waals surface area contributed by atoms with E-state index in [9.17, 15) is 4.79 Å². The molecule has 7 nitrogen and oxygen atoms in total. The lowest BCUT2D eigenvalue weighted by Crippen LogP contribution is -2.09. The van der Waals surface area contributed by atoms with E-state index in [-0.39, 0.29) is 6.61 Å². The standard InChI is InChI=1S/C13H17N3O4S/c1-8-9-11(14-3-2-5-20-6-4-17)15-7-16-12(9)21-10(8)13(18)19/h7,17H,2-6H2,1H3,(H,18,19)(H,14,15,16). The van der Waals surface area contributed by atoms with Crippen LogP contribution >= 0.6 is 11.3 Å². The van der Waals surface area contributed by atoms with Gasteiger partial charge < -0.3 is 20.3 Å². The molecule has 2 aromatic heterocycles. The van der Waals surface area contributed by atoms with Gasteiger partial charge in [0.05, 0.1) is 18.6 Å². The number of aliphatic hydroxyl groups is 1. The third-order valence-corrected chi connectivity index (χ3v) is 4.10. The summed E-state index contributed by atoms with van der Waals surface area (Å²) in [6, 6.07) is 0. The molecule has 0 amide bonds. The van der Waals surface area contributed by atoms with Crippen molar-refractivity contribution in [1.29, 1.82) is 0 Å². The Bertz CT molecular complexity index is 629. The SMILES string of the molecule is Cc1c(C(=O)O)sc2ncnc(NCCCOCCO)c12. The van der Waals surface area contributed by atoms with E-state index in [1.54, 1.807) is 6.92 Å². The number of hydrogen-bond acceptors (Lipinski definition) is 7. The number of aryl methyl sites for hydroxylation is 1. The smallest absolute Gasteiger partial charge is 0.346 e. The van der Waals surface area contributed by atoms with Crippen LogP contribution < -0.4 is 5.32 Å². The summed E-state index contributed by atoms with van der Waals surface area (Å²) in [6.45, 7) is 3.32. The predicted molar refractivity (Wildman–Crippen MR) is 80.1 cm³/mol. The van der Waals surface area contributed by atoms with Crippen molar-refractivity contribution in [3.8, 4) is 0 Å². The molecular weight excluding hydrogens is 294 g/mol. The summed E-state index contributed by atoms with van der Waals surface area (Å²) < 4.78 is 5.17. The summed E-state index contributed by atoms with van der Waals surface area (Å²) >= 11 is 1.15. The second-order valence-corrected chi connectivity index (χ2v) is 5.38. The number of carboxylic acids is 1. The van der Waals surface area contributed by atoms with Crippen LogP contribution in [0.15, 0.2) is 6.33 Å². The first kappa shape index (κ1) is 15.6. The van der Waals surface area contributed by atoms with E-state index in [0.717, 1.165) is 23.1 Å². The fraction of sp³-hybridized carbons (Fsp3) is 0.462. The number of carboxylic acid groups (broad SMARTS) is 1. The molecule has 2 aromatic rings. The number of nitrogens with one attached hydrogen (secondary N) is 1. The quantitative estimate of drug-likeness (QED) is 0.635. The first-order valence-electron chi connectivity index (χ1n) is 6.55. The average molecular weight is 311 g/mol. The van der Waals surface area contributed by atoms with E-state index in [4.69, 9.17) is 14.9 Å². The minimum absolute atomic E-state index is 0.0199. The Kier molecular flexibility index (Phi) is 5.43. The lowest BCUT2D eigenvalue weighted by molar-refractivity contribution is 0.0701. The summed E-state index contributed by atoms with van der Waals surface area (Å²) in [5.41, 5.74) is 0.683. The molecule has 0 aromatic carbocycles. The number of hydrogen-bond donors (Lipinski definition) is 3. The van der Waals surface area contributed by atoms with Gasteiger partial charge in [-0.05, 0) is 18.9 Å². The monoisotopic (exact) mass is 311 g/mol. The summed E-state index contributed by atoms with van der Waals surface area (Å²) in [4.78, 5) is 20.4. The fourth-order valence-corrected chi connectivity index (χ4v) is 2.94. The van der Waals surface area contributed by atoms with Crippen LogP contribution in [0.4, 0.5) is 5.82 Å². The molecule has 8 heteroatoms. The van der Waals surface area contributed by atoms with Crippen molar-refractivity contribution in [2.24, 2.45) is 0 Å². The molecule has 0 atom stereocenters. The van der Waals surface area contributed by atoms with E-state index in [1.807, 2.05) is 0 Å². The molecule has 21 heavy (non-hydrogen) atoms. The van der Waals surface area contributed by atoms with Gasteiger partial charge in [-0.25, -0.2) is 14.8 Å². The second-order valence-electron chi connectivity index (χ2n) is 4.38. The average Bonchev–Trinajstić information content (AvgIpc) is 2.81. The van der Waals surface area contributed by atoms with E-state index in [1.165, 1.54) is 6.33 Å². The number of ether oxygens (including phenoxy) is 1. The third kappa shape index (κ3) is 3.66. The van der Waals surface area contributed by atoms with Crippen LogP contribution in [0, 0.1) is 6.92 Å². The normalized spacial score (nSPS) is 11.0. The van der Waals surface area contributed by atoms with Crippen LogP contribution in [0.25, 0.3) is 10.2 Å². The van der Waals surface area contributed by atoms with Crippen LogP contribution in [0.2, 0.25) is 0 Å². The van der Waals surface area contributed by atoms with Crippen molar-refractivity contribution in [2.75, 3.05) is 31.7 Å². The van der Waals surface area contributed by atoms with Gasteiger partial charge in [0.25, 0.3) is 0 Å². The number of aliphatic hydroxyl groups excluding tert-OH is 1. The van der Waals surface area contributed by atoms with Gasteiger partial charge >= 0.3 is 5.97 Å². The van der Waals surface area contributed by atoms with Crippen molar-refractivity contribution in [2.45, 2.75) is 13.3 Å². The molecule has 2 rings (SSSR count). The molecule has 0 unspecified atom stereocenters. The van der Waals surface area contributed by atoms with Gasteiger partial charge in [0, 0.05) is 13.2 Å². The molecular formula is C13H17N3O4S. The Morgan fingerprint density at radius 2 is 2.24 bits per heavy atom. The van der Waals surface area contributed by atoms with Crippen LogP contribution in [0.3, 0.4) is 0 Å². The fourth-order valence-electron chi connectivity index (χ4n) is 1.96. The Morgan fingerprint density at radius 1 is 1.43 bits per heavy atom. The number of carbonyl (C=O) groups is 1. The minimum atomic E-state index is -0.946. The molecule has 0 fully saturated rings. The molecule has 0 bridgehead atoms. The van der Waals surface area contributed by atoms with Crippen molar-refractivity contribution in [3.63, 3.8) is 0 Å².